The molecule has 0 spiro atoms. The maximum atomic E-state index is 11.9. The third kappa shape index (κ3) is 5.33. The third-order valence-electron chi connectivity index (χ3n) is 3.43. The topological polar surface area (TPSA) is 67.6 Å². The first-order valence-corrected chi connectivity index (χ1v) is 6.89. The SMILES string of the molecule is COCC(C)NC(=O)CN(CCN)C1CCCC1. The van der Waals surface area contributed by atoms with Crippen LogP contribution in [0.2, 0.25) is 0 Å². The number of ether oxygens (including phenoxy) is 1. The van der Waals surface area contributed by atoms with Crippen molar-refractivity contribution in [2.45, 2.75) is 44.7 Å². The van der Waals surface area contributed by atoms with E-state index in [0.29, 0.717) is 25.7 Å². The monoisotopic (exact) mass is 257 g/mol. The molecule has 0 aromatic carbocycles. The summed E-state index contributed by atoms with van der Waals surface area (Å²) in [6.07, 6.45) is 4.93. The van der Waals surface area contributed by atoms with E-state index >= 15 is 0 Å². The number of amides is 1. The molecule has 0 saturated heterocycles. The molecule has 1 amide bonds. The molecule has 1 rings (SSSR count). The number of hydrogen-bond donors (Lipinski definition) is 2. The number of rotatable bonds is 8. The van der Waals surface area contributed by atoms with E-state index in [9.17, 15) is 4.79 Å². The van der Waals surface area contributed by atoms with Gasteiger partial charge in [-0.25, -0.2) is 0 Å². The second kappa shape index (κ2) is 8.45. The van der Waals surface area contributed by atoms with Crippen molar-refractivity contribution in [3.8, 4) is 0 Å². The molecular weight excluding hydrogens is 230 g/mol. The molecule has 1 aliphatic rings. The van der Waals surface area contributed by atoms with Crippen LogP contribution in [0.1, 0.15) is 32.6 Å². The number of nitrogens with two attached hydrogens (primary N) is 1. The average molecular weight is 257 g/mol. The minimum Gasteiger partial charge on any atom is -0.383 e. The van der Waals surface area contributed by atoms with Gasteiger partial charge in [0.25, 0.3) is 0 Å². The van der Waals surface area contributed by atoms with Crippen molar-refractivity contribution in [3.05, 3.63) is 0 Å². The first-order chi connectivity index (χ1) is 8.67. The zero-order valence-corrected chi connectivity index (χ0v) is 11.7. The average Bonchev–Trinajstić information content (AvgIpc) is 2.81. The van der Waals surface area contributed by atoms with Crippen molar-refractivity contribution in [3.63, 3.8) is 0 Å². The molecule has 1 fully saturated rings. The van der Waals surface area contributed by atoms with Crippen molar-refractivity contribution in [2.75, 3.05) is 33.4 Å². The lowest BCUT2D eigenvalue weighted by Gasteiger charge is -2.28. The summed E-state index contributed by atoms with van der Waals surface area (Å²) < 4.78 is 5.01. The van der Waals surface area contributed by atoms with E-state index < -0.39 is 0 Å². The van der Waals surface area contributed by atoms with Gasteiger partial charge in [-0.3, -0.25) is 9.69 Å². The van der Waals surface area contributed by atoms with E-state index in [1.54, 1.807) is 7.11 Å². The predicted molar refractivity (Wildman–Crippen MR) is 72.4 cm³/mol. The maximum absolute atomic E-state index is 11.9. The molecular formula is C13H27N3O2. The predicted octanol–water partition coefficient (Wildman–Crippen LogP) is 0.341. The Morgan fingerprint density at radius 3 is 2.72 bits per heavy atom. The Hall–Kier alpha value is -0.650. The Morgan fingerprint density at radius 2 is 2.17 bits per heavy atom. The van der Waals surface area contributed by atoms with Crippen molar-refractivity contribution >= 4 is 5.91 Å². The van der Waals surface area contributed by atoms with Gasteiger partial charge in [-0.2, -0.15) is 0 Å². The highest BCUT2D eigenvalue weighted by atomic mass is 16.5. The van der Waals surface area contributed by atoms with Crippen LogP contribution in [0.5, 0.6) is 0 Å². The molecule has 1 saturated carbocycles. The highest BCUT2D eigenvalue weighted by molar-refractivity contribution is 5.78. The largest absolute Gasteiger partial charge is 0.383 e. The number of hydrogen-bond acceptors (Lipinski definition) is 4. The van der Waals surface area contributed by atoms with Crippen molar-refractivity contribution in [1.82, 2.24) is 10.2 Å². The first kappa shape index (κ1) is 15.4. The van der Waals surface area contributed by atoms with Gasteiger partial charge in [0.15, 0.2) is 0 Å². The minimum absolute atomic E-state index is 0.0609. The lowest BCUT2D eigenvalue weighted by molar-refractivity contribution is -0.123. The second-order valence-electron chi connectivity index (χ2n) is 5.12. The summed E-state index contributed by atoms with van der Waals surface area (Å²) in [4.78, 5) is 14.1. The molecule has 5 nitrogen and oxygen atoms in total. The number of nitrogens with one attached hydrogen (secondary N) is 1. The fraction of sp³-hybridized carbons (Fsp3) is 0.923. The van der Waals surface area contributed by atoms with E-state index in [4.69, 9.17) is 10.5 Å². The summed E-state index contributed by atoms with van der Waals surface area (Å²) in [5, 5.41) is 2.95. The van der Waals surface area contributed by atoms with Crippen LogP contribution in [-0.2, 0) is 9.53 Å². The van der Waals surface area contributed by atoms with Crippen molar-refractivity contribution in [2.24, 2.45) is 5.73 Å². The van der Waals surface area contributed by atoms with E-state index in [-0.39, 0.29) is 11.9 Å². The van der Waals surface area contributed by atoms with E-state index in [1.165, 1.54) is 25.7 Å². The van der Waals surface area contributed by atoms with Gasteiger partial charge in [-0.05, 0) is 19.8 Å². The van der Waals surface area contributed by atoms with Crippen LogP contribution in [0.3, 0.4) is 0 Å². The highest BCUT2D eigenvalue weighted by Gasteiger charge is 2.23. The molecule has 1 aliphatic carbocycles. The van der Waals surface area contributed by atoms with E-state index in [0.717, 1.165) is 6.54 Å². The van der Waals surface area contributed by atoms with E-state index in [2.05, 4.69) is 10.2 Å². The van der Waals surface area contributed by atoms with Crippen LogP contribution in [0.25, 0.3) is 0 Å². The Bertz CT molecular complexity index is 242. The van der Waals surface area contributed by atoms with Crippen molar-refractivity contribution < 1.29 is 9.53 Å². The Labute approximate surface area is 110 Å². The lowest BCUT2D eigenvalue weighted by atomic mass is 10.2. The fourth-order valence-corrected chi connectivity index (χ4v) is 2.62. The van der Waals surface area contributed by atoms with Gasteiger partial charge in [-0.15, -0.1) is 0 Å². The van der Waals surface area contributed by atoms with Crippen molar-refractivity contribution in [1.29, 1.82) is 0 Å². The molecule has 5 heteroatoms. The number of carbonyl (C=O) groups excluding carboxylic acids is 1. The summed E-state index contributed by atoms with van der Waals surface area (Å²) in [5.74, 6) is 0.0694. The molecule has 18 heavy (non-hydrogen) atoms. The van der Waals surface area contributed by atoms with Crippen LogP contribution >= 0.6 is 0 Å². The number of carbonyl (C=O) groups is 1. The first-order valence-electron chi connectivity index (χ1n) is 6.89. The summed E-state index contributed by atoms with van der Waals surface area (Å²) in [6, 6.07) is 0.600. The van der Waals surface area contributed by atoms with Gasteiger partial charge in [0.1, 0.15) is 0 Å². The summed E-state index contributed by atoms with van der Waals surface area (Å²) in [5.41, 5.74) is 5.63. The van der Waals surface area contributed by atoms with Gasteiger partial charge in [-0.1, -0.05) is 12.8 Å². The zero-order chi connectivity index (χ0) is 13.4. The van der Waals surface area contributed by atoms with Crippen LogP contribution in [-0.4, -0.2) is 56.2 Å². The quantitative estimate of drug-likeness (QED) is 0.658. The summed E-state index contributed by atoms with van der Waals surface area (Å²) in [7, 11) is 1.64. The molecule has 0 aromatic heterocycles. The van der Waals surface area contributed by atoms with Crippen LogP contribution in [0, 0.1) is 0 Å². The van der Waals surface area contributed by atoms with Gasteiger partial charge < -0.3 is 15.8 Å². The minimum atomic E-state index is 0.0609. The molecule has 0 heterocycles. The molecule has 3 N–H and O–H groups in total. The molecule has 0 bridgehead atoms. The van der Waals surface area contributed by atoms with Gasteiger partial charge in [0.2, 0.25) is 5.91 Å². The fourth-order valence-electron chi connectivity index (χ4n) is 2.62. The van der Waals surface area contributed by atoms with Crippen LogP contribution < -0.4 is 11.1 Å². The van der Waals surface area contributed by atoms with Gasteiger partial charge in [0, 0.05) is 32.3 Å². The molecule has 0 radical (unpaired) electrons. The molecule has 1 atom stereocenters. The summed E-state index contributed by atoms with van der Waals surface area (Å²) >= 11 is 0. The smallest absolute Gasteiger partial charge is 0.234 e. The molecule has 0 aromatic rings. The Morgan fingerprint density at radius 1 is 1.50 bits per heavy atom. The van der Waals surface area contributed by atoms with Gasteiger partial charge >= 0.3 is 0 Å². The molecule has 106 valence electrons. The van der Waals surface area contributed by atoms with E-state index in [1.807, 2.05) is 6.92 Å². The second-order valence-corrected chi connectivity index (χ2v) is 5.12. The van der Waals surface area contributed by atoms with Crippen LogP contribution in [0.4, 0.5) is 0 Å². The Balaban J connectivity index is 2.37. The molecule has 0 aliphatic heterocycles. The summed E-state index contributed by atoms with van der Waals surface area (Å²) in [6.45, 7) is 4.36. The zero-order valence-electron chi connectivity index (χ0n) is 11.7. The standard InChI is InChI=1S/C13H27N3O2/c1-11(10-18-2)15-13(17)9-16(8-7-14)12-5-3-4-6-12/h11-12H,3-10,14H2,1-2H3,(H,15,17). The highest BCUT2D eigenvalue weighted by Crippen LogP contribution is 2.22. The van der Waals surface area contributed by atoms with Gasteiger partial charge in [0.05, 0.1) is 13.2 Å². The number of methoxy groups -OCH3 is 1. The Kier molecular flexibility index (Phi) is 7.23. The normalized spacial score (nSPS) is 18.2. The third-order valence-corrected chi connectivity index (χ3v) is 3.43. The maximum Gasteiger partial charge on any atom is 0.234 e. The van der Waals surface area contributed by atoms with Crippen LogP contribution in [0.15, 0.2) is 0 Å². The molecule has 1 unspecified atom stereocenters. The lowest BCUT2D eigenvalue weighted by Crippen LogP contribution is -2.46. The number of nitrogens with zero attached hydrogens (tertiary/aromatic N) is 1.